The summed E-state index contributed by atoms with van der Waals surface area (Å²) < 4.78 is 5.46. The molecule has 0 radical (unpaired) electrons. The fourth-order valence-corrected chi connectivity index (χ4v) is 4.47. The maximum absolute atomic E-state index is 5.46. The summed E-state index contributed by atoms with van der Waals surface area (Å²) in [5.41, 5.74) is 1.21. The predicted molar refractivity (Wildman–Crippen MR) is 121 cm³/mol. The first-order valence-electron chi connectivity index (χ1n) is 9.15. The summed E-state index contributed by atoms with van der Waals surface area (Å²) in [4.78, 5) is 13.8. The number of aliphatic imine (C=N–C) groups is 1. The summed E-state index contributed by atoms with van der Waals surface area (Å²) in [7, 11) is 1.87. The van der Waals surface area contributed by atoms with Crippen molar-refractivity contribution < 1.29 is 4.74 Å². The molecule has 1 unspecified atom stereocenters. The second kappa shape index (κ2) is 11.2. The van der Waals surface area contributed by atoms with Gasteiger partial charge in [0.05, 0.1) is 13.2 Å². The van der Waals surface area contributed by atoms with E-state index in [0.717, 1.165) is 57.7 Å². The normalized spacial score (nSPS) is 21.3. The highest BCUT2D eigenvalue weighted by Gasteiger charge is 2.22. The van der Waals surface area contributed by atoms with Crippen molar-refractivity contribution in [1.82, 2.24) is 15.2 Å². The fraction of sp³-hybridized carbons (Fsp3) is 0.667. The molecule has 2 aliphatic heterocycles. The molecular weight excluding hydrogens is 461 g/mol. The van der Waals surface area contributed by atoms with E-state index in [9.17, 15) is 0 Å². The topological polar surface area (TPSA) is 53.0 Å². The van der Waals surface area contributed by atoms with E-state index >= 15 is 0 Å². The number of hydrogen-bond donors (Lipinski definition) is 1. The van der Waals surface area contributed by atoms with Crippen molar-refractivity contribution in [1.29, 1.82) is 0 Å². The highest BCUT2D eigenvalue weighted by atomic mass is 127. The first-order valence-corrected chi connectivity index (χ1v) is 10.2. The summed E-state index contributed by atoms with van der Waals surface area (Å²) in [6.45, 7) is 8.49. The molecule has 0 aromatic carbocycles. The molecule has 0 bridgehead atoms. The molecule has 2 saturated heterocycles. The molecule has 6 nitrogen and oxygen atoms in total. The van der Waals surface area contributed by atoms with Crippen molar-refractivity contribution in [2.24, 2.45) is 4.99 Å². The van der Waals surface area contributed by atoms with Gasteiger partial charge in [0, 0.05) is 62.5 Å². The maximum Gasteiger partial charge on any atom is 0.193 e. The lowest BCUT2D eigenvalue weighted by atomic mass is 10.2. The van der Waals surface area contributed by atoms with Crippen LogP contribution in [0.3, 0.4) is 0 Å². The molecule has 8 heteroatoms. The predicted octanol–water partition coefficient (Wildman–Crippen LogP) is 2.44. The maximum atomic E-state index is 5.46. The first kappa shape index (κ1) is 21.6. The number of aromatic nitrogens is 1. The van der Waals surface area contributed by atoms with Gasteiger partial charge in [-0.15, -0.1) is 24.0 Å². The van der Waals surface area contributed by atoms with Crippen LogP contribution >= 0.6 is 35.7 Å². The van der Waals surface area contributed by atoms with Crippen LogP contribution in [0.5, 0.6) is 0 Å². The highest BCUT2D eigenvalue weighted by Crippen LogP contribution is 2.22. The van der Waals surface area contributed by atoms with Crippen LogP contribution in [-0.2, 0) is 11.3 Å². The molecule has 0 amide bonds. The third kappa shape index (κ3) is 5.63. The molecule has 0 aliphatic carbocycles. The zero-order chi connectivity index (χ0) is 17.5. The second-order valence-electron chi connectivity index (χ2n) is 6.33. The van der Waals surface area contributed by atoms with Gasteiger partial charge >= 0.3 is 0 Å². The molecule has 3 heterocycles. The van der Waals surface area contributed by atoms with Crippen molar-refractivity contribution in [3.05, 3.63) is 23.9 Å². The minimum absolute atomic E-state index is 0. The quantitative estimate of drug-likeness (QED) is 0.397. The minimum Gasteiger partial charge on any atom is -0.378 e. The van der Waals surface area contributed by atoms with E-state index in [1.165, 1.54) is 17.7 Å². The van der Waals surface area contributed by atoms with E-state index in [1.54, 1.807) is 0 Å². The van der Waals surface area contributed by atoms with Gasteiger partial charge in [-0.1, -0.05) is 13.0 Å². The van der Waals surface area contributed by atoms with E-state index in [-0.39, 0.29) is 24.0 Å². The monoisotopic (exact) mass is 491 g/mol. The average molecular weight is 491 g/mol. The number of ether oxygens (including phenoxy) is 1. The summed E-state index contributed by atoms with van der Waals surface area (Å²) in [6.07, 6.45) is 3.08. The lowest BCUT2D eigenvalue weighted by molar-refractivity contribution is 0.122. The van der Waals surface area contributed by atoms with Crippen molar-refractivity contribution in [3.63, 3.8) is 0 Å². The van der Waals surface area contributed by atoms with Gasteiger partial charge in [-0.3, -0.25) is 4.99 Å². The van der Waals surface area contributed by atoms with Crippen LogP contribution in [0.25, 0.3) is 0 Å². The Bertz CT molecular complexity index is 582. The molecular formula is C18H30IN5OS. The number of nitrogens with one attached hydrogen (secondary N) is 1. The zero-order valence-corrected chi connectivity index (χ0v) is 18.8. The summed E-state index contributed by atoms with van der Waals surface area (Å²) in [6, 6.07) is 4.16. The van der Waals surface area contributed by atoms with Crippen molar-refractivity contribution in [3.8, 4) is 0 Å². The van der Waals surface area contributed by atoms with Gasteiger partial charge in [-0.25, -0.2) is 4.98 Å². The Hall–Kier alpha value is -0.740. The molecule has 1 atom stereocenters. The van der Waals surface area contributed by atoms with Gasteiger partial charge in [0.25, 0.3) is 0 Å². The SMILES string of the molecule is CCC1CN(C(=NC)NCc2cccnc2N2CCOCC2)CCS1.I. The molecule has 26 heavy (non-hydrogen) atoms. The van der Waals surface area contributed by atoms with Crippen molar-refractivity contribution in [2.75, 3.05) is 57.1 Å². The van der Waals surface area contributed by atoms with E-state index in [2.05, 4.69) is 49.8 Å². The molecule has 2 fully saturated rings. The summed E-state index contributed by atoms with van der Waals surface area (Å²) in [5, 5.41) is 4.25. The summed E-state index contributed by atoms with van der Waals surface area (Å²) in [5.74, 6) is 3.23. The number of anilines is 1. The number of guanidine groups is 1. The third-order valence-corrected chi connectivity index (χ3v) is 6.09. The van der Waals surface area contributed by atoms with Gasteiger partial charge in [0.1, 0.15) is 5.82 Å². The Kier molecular flexibility index (Phi) is 9.27. The average Bonchev–Trinajstić information content (AvgIpc) is 2.69. The van der Waals surface area contributed by atoms with Crippen LogP contribution < -0.4 is 10.2 Å². The molecule has 146 valence electrons. The first-order chi connectivity index (χ1) is 12.3. The molecule has 1 aromatic rings. The van der Waals surface area contributed by atoms with E-state index in [0.29, 0.717) is 5.25 Å². The van der Waals surface area contributed by atoms with Crippen molar-refractivity contribution in [2.45, 2.75) is 25.1 Å². The second-order valence-corrected chi connectivity index (χ2v) is 7.74. The number of thioether (sulfide) groups is 1. The lowest BCUT2D eigenvalue weighted by Crippen LogP contribution is -2.47. The standard InChI is InChI=1S/C18H29N5OS.HI/c1-3-16-14-23(9-12-25-16)18(19-2)21-13-15-5-4-6-20-17(15)22-7-10-24-11-8-22;/h4-6,16H,3,7-14H2,1-2H3,(H,19,21);1H. The van der Waals surface area contributed by atoms with Gasteiger partial charge in [-0.2, -0.15) is 11.8 Å². The number of pyridine rings is 1. The Morgan fingerprint density at radius 1 is 1.38 bits per heavy atom. The Morgan fingerprint density at radius 3 is 2.92 bits per heavy atom. The van der Waals surface area contributed by atoms with Crippen molar-refractivity contribution >= 4 is 47.5 Å². The van der Waals surface area contributed by atoms with Crippen LogP contribution in [-0.4, -0.2) is 73.3 Å². The molecule has 1 N–H and O–H groups in total. The molecule has 0 saturated carbocycles. The highest BCUT2D eigenvalue weighted by molar-refractivity contribution is 14.0. The number of morpholine rings is 1. The van der Waals surface area contributed by atoms with Crippen LogP contribution in [0.2, 0.25) is 0 Å². The van der Waals surface area contributed by atoms with Crippen LogP contribution in [0.1, 0.15) is 18.9 Å². The van der Waals surface area contributed by atoms with E-state index < -0.39 is 0 Å². The Balaban J connectivity index is 0.00000243. The number of nitrogens with zero attached hydrogens (tertiary/aromatic N) is 4. The number of rotatable bonds is 4. The minimum atomic E-state index is 0. The largest absolute Gasteiger partial charge is 0.378 e. The van der Waals surface area contributed by atoms with Gasteiger partial charge in [0.15, 0.2) is 5.96 Å². The van der Waals surface area contributed by atoms with E-state index in [1.807, 2.05) is 19.3 Å². The number of hydrogen-bond acceptors (Lipinski definition) is 5. The molecule has 0 spiro atoms. The van der Waals surface area contributed by atoms with Gasteiger partial charge < -0.3 is 19.9 Å². The molecule has 2 aliphatic rings. The third-order valence-electron chi connectivity index (χ3n) is 4.72. The molecule has 3 rings (SSSR count). The fourth-order valence-electron chi connectivity index (χ4n) is 3.29. The van der Waals surface area contributed by atoms with Crippen LogP contribution in [0.4, 0.5) is 5.82 Å². The lowest BCUT2D eigenvalue weighted by Gasteiger charge is -2.34. The van der Waals surface area contributed by atoms with Crippen LogP contribution in [0.15, 0.2) is 23.3 Å². The smallest absolute Gasteiger partial charge is 0.193 e. The number of halogens is 1. The van der Waals surface area contributed by atoms with Gasteiger partial charge in [0.2, 0.25) is 0 Å². The zero-order valence-electron chi connectivity index (χ0n) is 15.7. The van der Waals surface area contributed by atoms with Gasteiger partial charge in [-0.05, 0) is 12.5 Å². The van der Waals surface area contributed by atoms with E-state index in [4.69, 9.17) is 4.74 Å². The Labute approximate surface area is 178 Å². The van der Waals surface area contributed by atoms with Crippen LogP contribution in [0, 0.1) is 0 Å². The summed E-state index contributed by atoms with van der Waals surface area (Å²) >= 11 is 2.08. The molecule has 1 aromatic heterocycles. The Morgan fingerprint density at radius 2 is 2.19 bits per heavy atom.